The Bertz CT molecular complexity index is 852. The zero-order valence-electron chi connectivity index (χ0n) is 18.9. The number of ether oxygens (including phenoxy) is 2. The van der Waals surface area contributed by atoms with Crippen LogP contribution in [-0.2, 0) is 6.42 Å². The van der Waals surface area contributed by atoms with Gasteiger partial charge >= 0.3 is 0 Å². The Kier molecular flexibility index (Phi) is 8.19. The Morgan fingerprint density at radius 1 is 0.969 bits per heavy atom. The Morgan fingerprint density at radius 3 is 2.53 bits per heavy atom. The molecular formula is C24H35N6O2+. The molecule has 2 aliphatic rings. The topological polar surface area (TPSA) is 69.2 Å². The number of piperazine rings is 1. The van der Waals surface area contributed by atoms with Gasteiger partial charge in [-0.15, -0.1) is 5.10 Å². The Hall–Kier alpha value is -2.81. The maximum Gasteiger partial charge on any atom is 0.226 e. The average Bonchev–Trinajstić information content (AvgIpc) is 3.37. The summed E-state index contributed by atoms with van der Waals surface area (Å²) >= 11 is 0. The van der Waals surface area contributed by atoms with E-state index in [1.807, 2.05) is 22.7 Å². The van der Waals surface area contributed by atoms with Crippen LogP contribution in [0.25, 0.3) is 0 Å². The van der Waals surface area contributed by atoms with Gasteiger partial charge in [0.2, 0.25) is 6.34 Å². The van der Waals surface area contributed by atoms with E-state index in [-0.39, 0.29) is 0 Å². The number of para-hydroxylation sites is 2. The number of anilines is 1. The summed E-state index contributed by atoms with van der Waals surface area (Å²) in [4.78, 5) is 4.98. The van der Waals surface area contributed by atoms with Crippen LogP contribution in [0, 0.1) is 0 Å². The molecule has 0 bridgehead atoms. The van der Waals surface area contributed by atoms with E-state index in [2.05, 4.69) is 56.8 Å². The number of benzene rings is 2. The molecule has 2 aliphatic heterocycles. The quantitative estimate of drug-likeness (QED) is 0.408. The fourth-order valence-electron chi connectivity index (χ4n) is 4.11. The van der Waals surface area contributed by atoms with Gasteiger partial charge in [-0.3, -0.25) is 4.90 Å². The number of hydrazone groups is 1. The predicted molar refractivity (Wildman–Crippen MR) is 127 cm³/mol. The van der Waals surface area contributed by atoms with Crippen LogP contribution in [0.1, 0.15) is 18.4 Å². The minimum atomic E-state index is 0.767. The Balaban J connectivity index is 1.08. The third-order valence-corrected chi connectivity index (χ3v) is 5.98. The van der Waals surface area contributed by atoms with E-state index in [4.69, 9.17) is 9.47 Å². The zero-order chi connectivity index (χ0) is 22.0. The molecule has 0 atom stereocenters. The van der Waals surface area contributed by atoms with Gasteiger partial charge in [-0.1, -0.05) is 29.8 Å². The van der Waals surface area contributed by atoms with Gasteiger partial charge < -0.3 is 14.4 Å². The van der Waals surface area contributed by atoms with Crippen LogP contribution in [0.3, 0.4) is 0 Å². The van der Waals surface area contributed by atoms with Crippen molar-refractivity contribution in [2.45, 2.75) is 19.3 Å². The third kappa shape index (κ3) is 6.35. The van der Waals surface area contributed by atoms with Crippen molar-refractivity contribution in [3.8, 4) is 11.5 Å². The van der Waals surface area contributed by atoms with Gasteiger partial charge in [-0.2, -0.15) is 5.12 Å². The predicted octanol–water partition coefficient (Wildman–Crippen LogP) is 1.46. The molecule has 2 aromatic carbocycles. The smallest absolute Gasteiger partial charge is 0.226 e. The number of nitrogens with zero attached hydrogens (tertiary/aromatic N) is 4. The minimum absolute atomic E-state index is 0.767. The molecule has 32 heavy (non-hydrogen) atoms. The number of rotatable bonds is 11. The van der Waals surface area contributed by atoms with Crippen molar-refractivity contribution in [2.75, 3.05) is 57.9 Å². The zero-order valence-corrected chi connectivity index (χ0v) is 18.9. The molecule has 2 aromatic rings. The van der Waals surface area contributed by atoms with E-state index < -0.39 is 0 Å². The van der Waals surface area contributed by atoms with E-state index in [0.29, 0.717) is 0 Å². The molecule has 4 rings (SSSR count). The molecule has 172 valence electrons. The van der Waals surface area contributed by atoms with E-state index >= 15 is 0 Å². The number of nitrogens with two attached hydrogens (primary N) is 1. The van der Waals surface area contributed by atoms with Crippen LogP contribution in [0.2, 0.25) is 0 Å². The lowest BCUT2D eigenvalue weighted by molar-refractivity contribution is -0.612. The number of methoxy groups -OCH3 is 1. The molecule has 0 saturated carbocycles. The summed E-state index contributed by atoms with van der Waals surface area (Å²) in [5.74, 6) is 1.91. The van der Waals surface area contributed by atoms with Crippen molar-refractivity contribution in [1.29, 1.82) is 0 Å². The highest BCUT2D eigenvalue weighted by Gasteiger charge is 2.19. The fraction of sp³-hybridized carbons (Fsp3) is 0.458. The molecular weight excluding hydrogens is 404 g/mol. The van der Waals surface area contributed by atoms with Crippen molar-refractivity contribution in [1.82, 2.24) is 15.6 Å². The second kappa shape index (κ2) is 11.7. The second-order valence-electron chi connectivity index (χ2n) is 8.13. The minimum Gasteiger partial charge on any atom is -0.495 e. The van der Waals surface area contributed by atoms with Gasteiger partial charge in [0.25, 0.3) is 0 Å². The van der Waals surface area contributed by atoms with Crippen LogP contribution in [0.5, 0.6) is 11.5 Å². The van der Waals surface area contributed by atoms with Gasteiger partial charge in [-0.05, 0) is 55.6 Å². The third-order valence-electron chi connectivity index (χ3n) is 5.98. The highest BCUT2D eigenvalue weighted by molar-refractivity contribution is 5.58. The molecule has 0 aliphatic carbocycles. The summed E-state index contributed by atoms with van der Waals surface area (Å²) in [6, 6.07) is 16.7. The molecule has 1 saturated heterocycles. The lowest BCUT2D eigenvalue weighted by Gasteiger charge is -2.36. The second-order valence-corrected chi connectivity index (χ2v) is 8.13. The fourth-order valence-corrected chi connectivity index (χ4v) is 4.11. The Morgan fingerprint density at radius 2 is 1.78 bits per heavy atom. The van der Waals surface area contributed by atoms with Gasteiger partial charge in [0.1, 0.15) is 11.5 Å². The normalized spacial score (nSPS) is 16.5. The van der Waals surface area contributed by atoms with E-state index in [1.165, 1.54) is 11.3 Å². The Labute approximate surface area is 190 Å². The van der Waals surface area contributed by atoms with Crippen molar-refractivity contribution in [3.63, 3.8) is 0 Å². The van der Waals surface area contributed by atoms with Crippen LogP contribution in [0.4, 0.5) is 5.69 Å². The van der Waals surface area contributed by atoms with E-state index in [1.54, 1.807) is 13.4 Å². The molecule has 0 unspecified atom stereocenters. The molecule has 0 radical (unpaired) electrons. The van der Waals surface area contributed by atoms with E-state index in [9.17, 15) is 0 Å². The first kappa shape index (κ1) is 22.4. The molecule has 2 heterocycles. The van der Waals surface area contributed by atoms with Crippen LogP contribution in [0.15, 0.2) is 53.6 Å². The number of unbranched alkanes of at least 4 members (excludes halogenated alkanes) is 1. The lowest BCUT2D eigenvalue weighted by Crippen LogP contribution is -2.91. The van der Waals surface area contributed by atoms with Crippen molar-refractivity contribution in [2.24, 2.45) is 5.10 Å². The summed E-state index contributed by atoms with van der Waals surface area (Å²) in [5, 5.41) is 6.03. The summed E-state index contributed by atoms with van der Waals surface area (Å²) in [5.41, 5.74) is 7.39. The largest absolute Gasteiger partial charge is 0.495 e. The van der Waals surface area contributed by atoms with Crippen molar-refractivity contribution < 1.29 is 14.9 Å². The number of hydrogen-bond acceptors (Lipinski definition) is 7. The van der Waals surface area contributed by atoms with Gasteiger partial charge in [0.15, 0.2) is 0 Å². The number of hydrazine groups is 1. The first-order chi connectivity index (χ1) is 15.8. The summed E-state index contributed by atoms with van der Waals surface area (Å²) < 4.78 is 11.5. The molecule has 0 spiro atoms. The molecule has 8 heteroatoms. The van der Waals surface area contributed by atoms with Crippen molar-refractivity contribution in [3.05, 3.63) is 54.1 Å². The summed E-state index contributed by atoms with van der Waals surface area (Å²) in [6.45, 7) is 7.02. The lowest BCUT2D eigenvalue weighted by atomic mass is 10.1. The molecule has 0 amide bonds. The highest BCUT2D eigenvalue weighted by Crippen LogP contribution is 2.28. The van der Waals surface area contributed by atoms with Crippen LogP contribution < -0.4 is 25.3 Å². The summed E-state index contributed by atoms with van der Waals surface area (Å²) in [7, 11) is 1.74. The maximum absolute atomic E-state index is 5.94. The maximum atomic E-state index is 5.94. The van der Waals surface area contributed by atoms with Crippen molar-refractivity contribution >= 4 is 12.0 Å². The standard InChI is InChI=1S/C24H34N6O2/c1-31-24-7-3-2-6-23(24)29-17-15-28(16-18-29)13-4-5-19-32-22-10-8-21(9-11-22)12-14-30-26-20-25-27-30/h2-3,6-11,20,27H,4-5,12-19H2,1H3,(H,25,26)/p+1. The molecule has 0 aromatic heterocycles. The van der Waals surface area contributed by atoms with E-state index in [0.717, 1.165) is 76.6 Å². The van der Waals surface area contributed by atoms with Gasteiger partial charge in [0, 0.05) is 26.2 Å². The first-order valence-electron chi connectivity index (χ1n) is 11.5. The number of hydrogen-bond donors (Lipinski definition) is 2. The van der Waals surface area contributed by atoms with Crippen LogP contribution in [-0.4, -0.2) is 69.3 Å². The first-order valence-corrected chi connectivity index (χ1v) is 11.5. The average molecular weight is 440 g/mol. The van der Waals surface area contributed by atoms with Crippen LogP contribution >= 0.6 is 0 Å². The SMILES string of the molecule is COc1ccccc1N1CCN(CCCCOc2ccc(CCN3N=C[NH2+]N3)cc2)CC1. The van der Waals surface area contributed by atoms with Gasteiger partial charge in [0.05, 0.1) is 25.9 Å². The summed E-state index contributed by atoms with van der Waals surface area (Å²) in [6.07, 6.45) is 4.94. The van der Waals surface area contributed by atoms with Gasteiger partial charge in [-0.25, -0.2) is 5.43 Å². The monoisotopic (exact) mass is 439 g/mol. The molecule has 8 nitrogen and oxygen atoms in total. The molecule has 1 fully saturated rings. The number of quaternary nitrogens is 1. The molecule has 3 N–H and O–H groups in total. The highest BCUT2D eigenvalue weighted by atomic mass is 16.5. The number of nitrogens with one attached hydrogen (secondary N) is 1.